The molecule has 0 bridgehead atoms. The molecule has 0 amide bonds. The third-order valence-electron chi connectivity index (χ3n) is 4.43. The fraction of sp³-hybridized carbons (Fsp3) is 0.824. The highest BCUT2D eigenvalue weighted by atomic mass is 127. The summed E-state index contributed by atoms with van der Waals surface area (Å²) in [5.74, 6) is 1.70. The lowest BCUT2D eigenvalue weighted by Crippen LogP contribution is -2.51. The Balaban J connectivity index is 0.00000242. The second kappa shape index (κ2) is 10.5. The molecule has 1 aliphatic carbocycles. The minimum absolute atomic E-state index is 0. The fourth-order valence-corrected chi connectivity index (χ4v) is 3.34. The summed E-state index contributed by atoms with van der Waals surface area (Å²) >= 11 is 0. The molecule has 0 spiro atoms. The molecule has 0 aromatic carbocycles. The van der Waals surface area contributed by atoms with Crippen molar-refractivity contribution in [1.29, 1.82) is 0 Å². The minimum atomic E-state index is 0. The average Bonchev–Trinajstić information content (AvgIpc) is 2.97. The summed E-state index contributed by atoms with van der Waals surface area (Å²) < 4.78 is 0. The number of nitrogens with zero attached hydrogens (tertiary/aromatic N) is 2. The van der Waals surface area contributed by atoms with Gasteiger partial charge in [0.2, 0.25) is 0 Å². The first-order valence-electron chi connectivity index (χ1n) is 8.55. The Bertz CT molecular complexity index is 360. The molecule has 1 heterocycles. The standard InChI is InChI=1S/C17H32N4.HI/c1-14(2)13-21-11-7-6-10-16(21)12-19-17(18-3)20-15-8-4-5-9-15;/h4-5,14-16H,6-13H2,1-3H3,(H2,18,19,20);1H. The van der Waals surface area contributed by atoms with E-state index in [0.29, 0.717) is 12.1 Å². The maximum absolute atomic E-state index is 4.37. The monoisotopic (exact) mass is 420 g/mol. The smallest absolute Gasteiger partial charge is 0.191 e. The van der Waals surface area contributed by atoms with Gasteiger partial charge in [-0.25, -0.2) is 0 Å². The third kappa shape index (κ3) is 6.44. The van der Waals surface area contributed by atoms with Crippen LogP contribution in [0.25, 0.3) is 0 Å². The van der Waals surface area contributed by atoms with Crippen LogP contribution >= 0.6 is 24.0 Å². The quantitative estimate of drug-likeness (QED) is 0.311. The van der Waals surface area contributed by atoms with E-state index >= 15 is 0 Å². The second-order valence-electron chi connectivity index (χ2n) is 6.78. The molecule has 2 aliphatic rings. The van der Waals surface area contributed by atoms with Gasteiger partial charge in [-0.05, 0) is 38.1 Å². The Morgan fingerprint density at radius 1 is 1.27 bits per heavy atom. The number of piperidine rings is 1. The van der Waals surface area contributed by atoms with Crippen LogP contribution in [-0.4, -0.2) is 49.6 Å². The van der Waals surface area contributed by atoms with Crippen molar-refractivity contribution in [3.05, 3.63) is 12.2 Å². The van der Waals surface area contributed by atoms with Gasteiger partial charge in [0.25, 0.3) is 0 Å². The maximum atomic E-state index is 4.37. The Morgan fingerprint density at radius 2 is 2.00 bits per heavy atom. The summed E-state index contributed by atoms with van der Waals surface area (Å²) in [4.78, 5) is 7.03. The van der Waals surface area contributed by atoms with Crippen LogP contribution in [0.3, 0.4) is 0 Å². The summed E-state index contributed by atoms with van der Waals surface area (Å²) in [6.07, 6.45) is 10.7. The molecule has 128 valence electrons. The van der Waals surface area contributed by atoms with Crippen molar-refractivity contribution < 1.29 is 0 Å². The van der Waals surface area contributed by atoms with E-state index in [0.717, 1.165) is 31.3 Å². The molecule has 5 heteroatoms. The van der Waals surface area contributed by atoms with Gasteiger partial charge in [-0.3, -0.25) is 9.89 Å². The highest BCUT2D eigenvalue weighted by Crippen LogP contribution is 2.17. The van der Waals surface area contributed by atoms with Crippen molar-refractivity contribution in [2.24, 2.45) is 10.9 Å². The van der Waals surface area contributed by atoms with Crippen LogP contribution in [0, 0.1) is 5.92 Å². The van der Waals surface area contributed by atoms with Crippen molar-refractivity contribution in [3.63, 3.8) is 0 Å². The predicted octanol–water partition coefficient (Wildman–Crippen LogP) is 3.00. The number of rotatable bonds is 5. The van der Waals surface area contributed by atoms with Crippen LogP contribution in [0.2, 0.25) is 0 Å². The molecular formula is C17H33IN4. The number of halogens is 1. The van der Waals surface area contributed by atoms with E-state index in [1.165, 1.54) is 32.4 Å². The molecule has 0 aromatic rings. The van der Waals surface area contributed by atoms with Gasteiger partial charge in [0.15, 0.2) is 5.96 Å². The minimum Gasteiger partial charge on any atom is -0.355 e. The van der Waals surface area contributed by atoms with Crippen molar-refractivity contribution in [2.45, 2.75) is 58.0 Å². The van der Waals surface area contributed by atoms with E-state index in [4.69, 9.17) is 0 Å². The first-order valence-corrected chi connectivity index (χ1v) is 8.55. The van der Waals surface area contributed by atoms with Crippen molar-refractivity contribution >= 4 is 29.9 Å². The normalized spacial score (nSPS) is 23.6. The van der Waals surface area contributed by atoms with Gasteiger partial charge in [-0.15, -0.1) is 24.0 Å². The molecule has 1 unspecified atom stereocenters. The molecule has 1 fully saturated rings. The zero-order valence-corrected chi connectivity index (χ0v) is 16.7. The summed E-state index contributed by atoms with van der Waals surface area (Å²) in [5.41, 5.74) is 0. The summed E-state index contributed by atoms with van der Waals surface area (Å²) in [5, 5.41) is 7.06. The number of likely N-dealkylation sites (tertiary alicyclic amines) is 1. The fourth-order valence-electron chi connectivity index (χ4n) is 3.34. The van der Waals surface area contributed by atoms with E-state index < -0.39 is 0 Å². The lowest BCUT2D eigenvalue weighted by atomic mass is 10.0. The molecule has 0 radical (unpaired) electrons. The van der Waals surface area contributed by atoms with Gasteiger partial charge in [0.1, 0.15) is 0 Å². The first kappa shape index (κ1) is 19.7. The van der Waals surface area contributed by atoms with Gasteiger partial charge in [-0.2, -0.15) is 0 Å². The van der Waals surface area contributed by atoms with Crippen molar-refractivity contribution in [3.8, 4) is 0 Å². The van der Waals surface area contributed by atoms with E-state index in [-0.39, 0.29) is 24.0 Å². The summed E-state index contributed by atoms with van der Waals surface area (Å²) in [6.45, 7) is 8.10. The zero-order valence-electron chi connectivity index (χ0n) is 14.3. The van der Waals surface area contributed by atoms with Crippen LogP contribution in [0.15, 0.2) is 17.1 Å². The highest BCUT2D eigenvalue weighted by molar-refractivity contribution is 14.0. The van der Waals surface area contributed by atoms with Crippen LogP contribution in [0.4, 0.5) is 0 Å². The van der Waals surface area contributed by atoms with Crippen LogP contribution in [0.1, 0.15) is 46.0 Å². The van der Waals surface area contributed by atoms with Gasteiger partial charge in [-0.1, -0.05) is 32.4 Å². The molecule has 22 heavy (non-hydrogen) atoms. The van der Waals surface area contributed by atoms with Gasteiger partial charge in [0, 0.05) is 32.2 Å². The summed E-state index contributed by atoms with van der Waals surface area (Å²) in [7, 11) is 1.87. The van der Waals surface area contributed by atoms with E-state index in [1.807, 2.05) is 7.05 Å². The molecular weight excluding hydrogens is 387 g/mol. The lowest BCUT2D eigenvalue weighted by molar-refractivity contribution is 0.133. The van der Waals surface area contributed by atoms with Gasteiger partial charge in [0.05, 0.1) is 0 Å². The highest BCUT2D eigenvalue weighted by Gasteiger charge is 2.23. The van der Waals surface area contributed by atoms with Crippen LogP contribution in [0.5, 0.6) is 0 Å². The molecule has 1 atom stereocenters. The molecule has 4 nitrogen and oxygen atoms in total. The molecule has 0 saturated carbocycles. The molecule has 1 aliphatic heterocycles. The largest absolute Gasteiger partial charge is 0.355 e. The van der Waals surface area contributed by atoms with Crippen LogP contribution < -0.4 is 10.6 Å². The second-order valence-corrected chi connectivity index (χ2v) is 6.78. The van der Waals surface area contributed by atoms with Gasteiger partial charge >= 0.3 is 0 Å². The topological polar surface area (TPSA) is 39.7 Å². The SMILES string of the molecule is CN=C(NCC1CCCCN1CC(C)C)NC1CC=CC1.I. The van der Waals surface area contributed by atoms with E-state index in [2.05, 4.69) is 46.5 Å². The molecule has 2 rings (SSSR count). The zero-order chi connectivity index (χ0) is 15.1. The Kier molecular flexibility index (Phi) is 9.40. The predicted molar refractivity (Wildman–Crippen MR) is 106 cm³/mol. The third-order valence-corrected chi connectivity index (χ3v) is 4.43. The van der Waals surface area contributed by atoms with Crippen LogP contribution in [-0.2, 0) is 0 Å². The van der Waals surface area contributed by atoms with E-state index in [1.54, 1.807) is 0 Å². The first-order chi connectivity index (χ1) is 10.2. The molecule has 2 N–H and O–H groups in total. The number of nitrogens with one attached hydrogen (secondary N) is 2. The Morgan fingerprint density at radius 3 is 2.64 bits per heavy atom. The number of aliphatic imine (C=N–C) groups is 1. The number of hydrogen-bond donors (Lipinski definition) is 2. The Hall–Kier alpha value is -0.300. The van der Waals surface area contributed by atoms with Gasteiger partial charge < -0.3 is 10.6 Å². The number of guanidine groups is 1. The average molecular weight is 420 g/mol. The maximum Gasteiger partial charge on any atom is 0.191 e. The number of hydrogen-bond acceptors (Lipinski definition) is 2. The molecule has 0 aromatic heterocycles. The van der Waals surface area contributed by atoms with Crippen molar-refractivity contribution in [1.82, 2.24) is 15.5 Å². The molecule has 1 saturated heterocycles. The Labute approximate surface area is 153 Å². The van der Waals surface area contributed by atoms with Crippen molar-refractivity contribution in [2.75, 3.05) is 26.7 Å². The van der Waals surface area contributed by atoms with E-state index in [9.17, 15) is 0 Å². The summed E-state index contributed by atoms with van der Waals surface area (Å²) in [6, 6.07) is 1.18. The lowest BCUT2D eigenvalue weighted by Gasteiger charge is -2.37.